The van der Waals surface area contributed by atoms with Crippen LogP contribution in [0, 0.1) is 6.92 Å². The molecule has 1 aromatic heterocycles. The van der Waals surface area contributed by atoms with Gasteiger partial charge in [0, 0.05) is 17.5 Å². The molecule has 78 valence electrons. The highest BCUT2D eigenvalue weighted by Gasteiger charge is 1.98. The predicted octanol–water partition coefficient (Wildman–Crippen LogP) is 2.36. The normalized spacial score (nSPS) is 10.4. The molecule has 0 atom stereocenters. The van der Waals surface area contributed by atoms with Crippen LogP contribution in [0.3, 0.4) is 0 Å². The van der Waals surface area contributed by atoms with Gasteiger partial charge in [0.1, 0.15) is 0 Å². The molecule has 3 nitrogen and oxygen atoms in total. The summed E-state index contributed by atoms with van der Waals surface area (Å²) in [5.41, 5.74) is 0.724. The number of aryl methyl sites for hydroxylation is 1. The molecule has 0 aromatic carbocycles. The molecule has 0 fully saturated rings. The second-order valence-electron chi connectivity index (χ2n) is 3.25. The molecule has 0 amide bonds. The van der Waals surface area contributed by atoms with Gasteiger partial charge in [0.25, 0.3) is 5.56 Å². The number of thioether (sulfide) groups is 1. The number of unbranched alkanes of at least 4 members (excludes halogenated alkanes) is 2. The summed E-state index contributed by atoms with van der Waals surface area (Å²) < 4.78 is 0. The van der Waals surface area contributed by atoms with Gasteiger partial charge in [0.05, 0.1) is 0 Å². The Hall–Kier alpha value is -0.770. The van der Waals surface area contributed by atoms with Gasteiger partial charge in [-0.3, -0.25) is 4.79 Å². The van der Waals surface area contributed by atoms with Crippen molar-refractivity contribution >= 4 is 11.8 Å². The highest BCUT2D eigenvalue weighted by Crippen LogP contribution is 2.13. The lowest BCUT2D eigenvalue weighted by atomic mass is 10.3. The maximum atomic E-state index is 11.1. The first-order chi connectivity index (χ1) is 6.72. The lowest BCUT2D eigenvalue weighted by Crippen LogP contribution is -2.08. The standard InChI is InChI=1S/C10H16N2OS/c1-3-4-5-6-14-10-11-8(2)7-9(13)12-10/h7H,3-6H2,1-2H3,(H,11,12,13). The molecule has 0 aliphatic heterocycles. The first kappa shape index (κ1) is 11.3. The van der Waals surface area contributed by atoms with Crippen LogP contribution in [0.15, 0.2) is 16.0 Å². The van der Waals surface area contributed by atoms with Crippen molar-refractivity contribution < 1.29 is 0 Å². The van der Waals surface area contributed by atoms with Crippen LogP contribution in [-0.4, -0.2) is 15.7 Å². The fraction of sp³-hybridized carbons (Fsp3) is 0.600. The van der Waals surface area contributed by atoms with E-state index >= 15 is 0 Å². The Morgan fingerprint density at radius 3 is 2.93 bits per heavy atom. The first-order valence-electron chi connectivity index (χ1n) is 4.93. The van der Waals surface area contributed by atoms with Crippen molar-refractivity contribution in [2.45, 2.75) is 38.3 Å². The summed E-state index contributed by atoms with van der Waals surface area (Å²) in [5.74, 6) is 1.03. The monoisotopic (exact) mass is 212 g/mol. The van der Waals surface area contributed by atoms with E-state index in [1.54, 1.807) is 11.8 Å². The van der Waals surface area contributed by atoms with E-state index in [1.165, 1.54) is 25.3 Å². The van der Waals surface area contributed by atoms with Gasteiger partial charge in [-0.15, -0.1) is 0 Å². The van der Waals surface area contributed by atoms with E-state index in [9.17, 15) is 4.79 Å². The maximum absolute atomic E-state index is 11.1. The second-order valence-corrected chi connectivity index (χ2v) is 4.33. The molecule has 1 N–H and O–H groups in total. The van der Waals surface area contributed by atoms with Crippen LogP contribution < -0.4 is 5.56 Å². The lowest BCUT2D eigenvalue weighted by Gasteiger charge is -2.00. The van der Waals surface area contributed by atoms with Crippen LogP contribution in [-0.2, 0) is 0 Å². The molecule has 0 aliphatic carbocycles. The van der Waals surface area contributed by atoms with Crippen molar-refractivity contribution in [3.63, 3.8) is 0 Å². The average Bonchev–Trinajstić information content (AvgIpc) is 2.11. The molecule has 1 heterocycles. The van der Waals surface area contributed by atoms with Gasteiger partial charge in [0.2, 0.25) is 0 Å². The minimum Gasteiger partial charge on any atom is -0.301 e. The molecule has 4 heteroatoms. The fourth-order valence-corrected chi connectivity index (χ4v) is 2.06. The molecule has 1 rings (SSSR count). The summed E-state index contributed by atoms with van der Waals surface area (Å²) in [4.78, 5) is 18.1. The SMILES string of the molecule is CCCCCSc1nc(C)cc(=O)[nH]1. The highest BCUT2D eigenvalue weighted by atomic mass is 32.2. The number of nitrogens with one attached hydrogen (secondary N) is 1. The third-order valence-corrected chi connectivity index (χ3v) is 2.79. The molecule has 0 saturated heterocycles. The molecule has 0 spiro atoms. The molecule has 0 radical (unpaired) electrons. The molecule has 0 aliphatic rings. The zero-order valence-corrected chi connectivity index (χ0v) is 9.49. The topological polar surface area (TPSA) is 45.8 Å². The van der Waals surface area contributed by atoms with Gasteiger partial charge in [0.15, 0.2) is 5.16 Å². The van der Waals surface area contributed by atoms with Gasteiger partial charge >= 0.3 is 0 Å². The van der Waals surface area contributed by atoms with Crippen LogP contribution in [0.5, 0.6) is 0 Å². The Bertz CT molecular complexity index is 335. The zero-order valence-electron chi connectivity index (χ0n) is 8.67. The van der Waals surface area contributed by atoms with E-state index in [0.717, 1.165) is 16.6 Å². The molecular weight excluding hydrogens is 196 g/mol. The number of rotatable bonds is 5. The Morgan fingerprint density at radius 1 is 1.50 bits per heavy atom. The van der Waals surface area contributed by atoms with Gasteiger partial charge in [-0.25, -0.2) is 4.98 Å². The molecular formula is C10H16N2OS. The summed E-state index contributed by atoms with van der Waals surface area (Å²) in [7, 11) is 0. The van der Waals surface area contributed by atoms with E-state index in [4.69, 9.17) is 0 Å². The Labute approximate surface area is 88.3 Å². The maximum Gasteiger partial charge on any atom is 0.251 e. The Kier molecular flexibility index (Phi) is 4.73. The Balaban J connectivity index is 2.46. The van der Waals surface area contributed by atoms with E-state index < -0.39 is 0 Å². The van der Waals surface area contributed by atoms with Crippen molar-refractivity contribution in [3.05, 3.63) is 22.1 Å². The summed E-state index contributed by atoms with van der Waals surface area (Å²) in [6.07, 6.45) is 3.64. The van der Waals surface area contributed by atoms with Crippen molar-refractivity contribution in [2.75, 3.05) is 5.75 Å². The summed E-state index contributed by atoms with van der Waals surface area (Å²) in [6, 6.07) is 1.51. The number of hydrogen-bond acceptors (Lipinski definition) is 3. The Morgan fingerprint density at radius 2 is 2.29 bits per heavy atom. The van der Waals surface area contributed by atoms with Crippen LogP contribution in [0.2, 0.25) is 0 Å². The van der Waals surface area contributed by atoms with Crippen LogP contribution in [0.4, 0.5) is 0 Å². The van der Waals surface area contributed by atoms with E-state index in [1.807, 2.05) is 6.92 Å². The zero-order chi connectivity index (χ0) is 10.4. The molecule has 0 unspecified atom stereocenters. The fourth-order valence-electron chi connectivity index (χ4n) is 1.14. The smallest absolute Gasteiger partial charge is 0.251 e. The number of aromatic nitrogens is 2. The van der Waals surface area contributed by atoms with Crippen molar-refractivity contribution in [2.24, 2.45) is 0 Å². The minimum absolute atomic E-state index is 0.0597. The number of hydrogen-bond donors (Lipinski definition) is 1. The van der Waals surface area contributed by atoms with Gasteiger partial charge in [-0.1, -0.05) is 31.5 Å². The summed E-state index contributed by atoms with van der Waals surface area (Å²) >= 11 is 1.62. The predicted molar refractivity (Wildman–Crippen MR) is 59.8 cm³/mol. The second kappa shape index (κ2) is 5.86. The molecule has 1 aromatic rings. The molecule has 0 bridgehead atoms. The van der Waals surface area contributed by atoms with Crippen LogP contribution in [0.25, 0.3) is 0 Å². The van der Waals surface area contributed by atoms with E-state index in [0.29, 0.717) is 0 Å². The van der Waals surface area contributed by atoms with Crippen molar-refractivity contribution in [1.82, 2.24) is 9.97 Å². The molecule has 0 saturated carbocycles. The van der Waals surface area contributed by atoms with E-state index in [2.05, 4.69) is 16.9 Å². The number of nitrogens with zero attached hydrogens (tertiary/aromatic N) is 1. The average molecular weight is 212 g/mol. The van der Waals surface area contributed by atoms with Crippen LogP contribution >= 0.6 is 11.8 Å². The van der Waals surface area contributed by atoms with Gasteiger partial charge < -0.3 is 4.98 Å². The van der Waals surface area contributed by atoms with Crippen LogP contribution in [0.1, 0.15) is 31.9 Å². The summed E-state index contributed by atoms with van der Waals surface area (Å²) in [5, 5.41) is 0.742. The highest BCUT2D eigenvalue weighted by molar-refractivity contribution is 7.99. The molecule has 14 heavy (non-hydrogen) atoms. The number of H-pyrrole nitrogens is 1. The minimum atomic E-state index is -0.0597. The quantitative estimate of drug-likeness (QED) is 0.463. The van der Waals surface area contributed by atoms with Crippen molar-refractivity contribution in [1.29, 1.82) is 0 Å². The van der Waals surface area contributed by atoms with Crippen molar-refractivity contribution in [3.8, 4) is 0 Å². The van der Waals surface area contributed by atoms with Gasteiger partial charge in [-0.05, 0) is 13.3 Å². The lowest BCUT2D eigenvalue weighted by molar-refractivity contribution is 0.776. The third kappa shape index (κ3) is 3.96. The largest absolute Gasteiger partial charge is 0.301 e. The number of aromatic amines is 1. The summed E-state index contributed by atoms with van der Waals surface area (Å²) in [6.45, 7) is 4.02. The first-order valence-corrected chi connectivity index (χ1v) is 5.91. The third-order valence-electron chi connectivity index (χ3n) is 1.83. The van der Waals surface area contributed by atoms with Gasteiger partial charge in [-0.2, -0.15) is 0 Å². The van der Waals surface area contributed by atoms with E-state index in [-0.39, 0.29) is 5.56 Å².